The summed E-state index contributed by atoms with van der Waals surface area (Å²) in [4.78, 5) is 11.5. The highest BCUT2D eigenvalue weighted by Gasteiger charge is 2.32. The van der Waals surface area contributed by atoms with Crippen LogP contribution in [-0.4, -0.2) is 48.7 Å². The zero-order valence-electron chi connectivity index (χ0n) is 22.1. The van der Waals surface area contributed by atoms with Crippen molar-refractivity contribution >= 4 is 44.6 Å². The Labute approximate surface area is 224 Å². The second-order valence-electron chi connectivity index (χ2n) is 10.1. The number of anilines is 4. The van der Waals surface area contributed by atoms with Crippen molar-refractivity contribution in [2.45, 2.75) is 56.7 Å². The molecule has 1 aliphatic heterocycles. The van der Waals surface area contributed by atoms with E-state index in [1.54, 1.807) is 45.2 Å². The molecule has 0 saturated carbocycles. The lowest BCUT2D eigenvalue weighted by atomic mass is 9.78. The lowest BCUT2D eigenvalue weighted by Crippen LogP contribution is -2.41. The van der Waals surface area contributed by atoms with Gasteiger partial charge in [0.05, 0.1) is 34.8 Å². The van der Waals surface area contributed by atoms with E-state index < -0.39 is 15.1 Å². The van der Waals surface area contributed by atoms with Gasteiger partial charge in [0.25, 0.3) is 0 Å². The van der Waals surface area contributed by atoms with Gasteiger partial charge in [0, 0.05) is 18.5 Å². The Morgan fingerprint density at radius 1 is 1.16 bits per heavy atom. The Morgan fingerprint density at radius 2 is 1.89 bits per heavy atom. The van der Waals surface area contributed by atoms with Crippen LogP contribution in [0, 0.1) is 0 Å². The SMILES string of the molecule is CCN1Cc2cc(Nc3ncc(Cl)c(Nc4ccccc4S(=O)(=O)C(C)C)n3)c(OC)cc2C(C)(C)C1. The average Bonchev–Trinajstić information content (AvgIpc) is 2.85. The summed E-state index contributed by atoms with van der Waals surface area (Å²) in [5.74, 6) is 1.29. The zero-order chi connectivity index (χ0) is 27.0. The van der Waals surface area contributed by atoms with Gasteiger partial charge in [0.1, 0.15) is 10.8 Å². The highest BCUT2D eigenvalue weighted by Crippen LogP contribution is 2.40. The van der Waals surface area contributed by atoms with Crippen molar-refractivity contribution in [3.8, 4) is 5.75 Å². The molecule has 0 unspecified atom stereocenters. The van der Waals surface area contributed by atoms with Crippen LogP contribution in [0.3, 0.4) is 0 Å². The van der Waals surface area contributed by atoms with E-state index in [-0.39, 0.29) is 15.3 Å². The molecule has 8 nitrogen and oxygen atoms in total. The normalized spacial score (nSPS) is 15.4. The first-order chi connectivity index (χ1) is 17.5. The molecular formula is C27H34ClN5O3S. The van der Waals surface area contributed by atoms with Crippen molar-refractivity contribution in [3.05, 3.63) is 58.7 Å². The fourth-order valence-corrected chi connectivity index (χ4v) is 5.99. The van der Waals surface area contributed by atoms with Gasteiger partial charge in [-0.05, 0) is 55.8 Å². The largest absolute Gasteiger partial charge is 0.495 e. The molecule has 37 heavy (non-hydrogen) atoms. The summed E-state index contributed by atoms with van der Waals surface area (Å²) >= 11 is 6.40. The fraction of sp³-hybridized carbons (Fsp3) is 0.407. The number of nitrogens with zero attached hydrogens (tertiary/aromatic N) is 3. The molecule has 3 aromatic rings. The minimum atomic E-state index is -3.52. The average molecular weight is 544 g/mol. The molecule has 4 rings (SSSR count). The van der Waals surface area contributed by atoms with Gasteiger partial charge in [-0.3, -0.25) is 4.90 Å². The number of ether oxygens (including phenoxy) is 1. The zero-order valence-corrected chi connectivity index (χ0v) is 23.7. The summed E-state index contributed by atoms with van der Waals surface area (Å²) in [5, 5.41) is 6.05. The molecule has 1 aromatic heterocycles. The van der Waals surface area contributed by atoms with E-state index >= 15 is 0 Å². The van der Waals surface area contributed by atoms with E-state index in [9.17, 15) is 8.42 Å². The van der Waals surface area contributed by atoms with Gasteiger partial charge in [0.15, 0.2) is 15.7 Å². The lowest BCUT2D eigenvalue weighted by molar-refractivity contribution is 0.203. The molecule has 10 heteroatoms. The predicted molar refractivity (Wildman–Crippen MR) is 149 cm³/mol. The molecule has 1 aliphatic rings. The Bertz CT molecular complexity index is 1410. The number of likely N-dealkylation sites (N-methyl/N-ethyl adjacent to an activating group) is 1. The summed E-state index contributed by atoms with van der Waals surface area (Å²) in [7, 11) is -1.88. The van der Waals surface area contributed by atoms with Gasteiger partial charge in [-0.25, -0.2) is 13.4 Å². The van der Waals surface area contributed by atoms with Crippen molar-refractivity contribution in [1.29, 1.82) is 0 Å². The Balaban J connectivity index is 1.68. The fourth-order valence-electron chi connectivity index (χ4n) is 4.65. The van der Waals surface area contributed by atoms with Gasteiger partial charge in [-0.1, -0.05) is 44.5 Å². The topological polar surface area (TPSA) is 96.5 Å². The van der Waals surface area contributed by atoms with Crippen molar-refractivity contribution in [1.82, 2.24) is 14.9 Å². The Hall–Kier alpha value is -2.88. The first-order valence-corrected chi connectivity index (χ1v) is 14.2. The van der Waals surface area contributed by atoms with Crippen molar-refractivity contribution < 1.29 is 13.2 Å². The monoisotopic (exact) mass is 543 g/mol. The van der Waals surface area contributed by atoms with Crippen LogP contribution in [0.1, 0.15) is 45.7 Å². The number of aromatic nitrogens is 2. The number of nitrogens with one attached hydrogen (secondary N) is 2. The third-order valence-corrected chi connectivity index (χ3v) is 9.16. The van der Waals surface area contributed by atoms with Gasteiger partial charge >= 0.3 is 0 Å². The predicted octanol–water partition coefficient (Wildman–Crippen LogP) is 5.92. The summed E-state index contributed by atoms with van der Waals surface area (Å²) in [6.45, 7) is 12.8. The number of methoxy groups -OCH3 is 1. The maximum Gasteiger partial charge on any atom is 0.229 e. The highest BCUT2D eigenvalue weighted by atomic mass is 35.5. The van der Waals surface area contributed by atoms with Crippen LogP contribution in [-0.2, 0) is 21.8 Å². The molecule has 2 N–H and O–H groups in total. The summed E-state index contributed by atoms with van der Waals surface area (Å²) < 4.78 is 31.5. The number of fused-ring (bicyclic) bond motifs is 1. The number of rotatable bonds is 8. The van der Waals surface area contributed by atoms with E-state index in [1.807, 2.05) is 0 Å². The third-order valence-electron chi connectivity index (χ3n) is 6.67. The number of hydrogen-bond acceptors (Lipinski definition) is 8. The summed E-state index contributed by atoms with van der Waals surface area (Å²) in [5.41, 5.74) is 3.62. The van der Waals surface area contributed by atoms with E-state index in [2.05, 4.69) is 58.4 Å². The maximum absolute atomic E-state index is 12.9. The van der Waals surface area contributed by atoms with Crippen LogP contribution >= 0.6 is 11.6 Å². The van der Waals surface area contributed by atoms with Crippen LogP contribution in [0.4, 0.5) is 23.1 Å². The summed E-state index contributed by atoms with van der Waals surface area (Å²) in [6.07, 6.45) is 1.48. The number of para-hydroxylation sites is 1. The van der Waals surface area contributed by atoms with Gasteiger partial charge in [0.2, 0.25) is 5.95 Å². The molecule has 0 aliphatic carbocycles. The molecule has 0 saturated heterocycles. The van der Waals surface area contributed by atoms with E-state index in [0.29, 0.717) is 23.2 Å². The molecule has 2 heterocycles. The van der Waals surface area contributed by atoms with E-state index in [1.165, 1.54) is 17.3 Å². The minimum absolute atomic E-state index is 0.00697. The number of sulfone groups is 1. The van der Waals surface area contributed by atoms with Crippen LogP contribution < -0.4 is 15.4 Å². The van der Waals surface area contributed by atoms with Crippen LogP contribution in [0.5, 0.6) is 5.75 Å². The number of benzene rings is 2. The van der Waals surface area contributed by atoms with Crippen molar-refractivity contribution in [2.24, 2.45) is 0 Å². The van der Waals surface area contributed by atoms with Crippen LogP contribution in [0.2, 0.25) is 5.02 Å². The molecule has 0 atom stereocenters. The van der Waals surface area contributed by atoms with Gasteiger partial charge in [-0.2, -0.15) is 4.98 Å². The molecule has 0 amide bonds. The Kier molecular flexibility index (Phi) is 7.69. The molecule has 198 valence electrons. The maximum atomic E-state index is 12.9. The lowest BCUT2D eigenvalue weighted by Gasteiger charge is -2.40. The molecule has 0 spiro atoms. The van der Waals surface area contributed by atoms with Crippen LogP contribution in [0.25, 0.3) is 0 Å². The van der Waals surface area contributed by atoms with Crippen LogP contribution in [0.15, 0.2) is 47.5 Å². The molecule has 0 fully saturated rings. The number of hydrogen-bond donors (Lipinski definition) is 2. The van der Waals surface area contributed by atoms with E-state index in [4.69, 9.17) is 16.3 Å². The van der Waals surface area contributed by atoms with E-state index in [0.717, 1.165) is 25.3 Å². The first kappa shape index (κ1) is 27.2. The molecule has 2 aromatic carbocycles. The second kappa shape index (κ2) is 10.5. The smallest absolute Gasteiger partial charge is 0.229 e. The van der Waals surface area contributed by atoms with Crippen molar-refractivity contribution in [3.63, 3.8) is 0 Å². The summed E-state index contributed by atoms with van der Waals surface area (Å²) in [6, 6.07) is 10.9. The van der Waals surface area contributed by atoms with Crippen molar-refractivity contribution in [2.75, 3.05) is 30.8 Å². The molecule has 0 bridgehead atoms. The second-order valence-corrected chi connectivity index (χ2v) is 13.0. The minimum Gasteiger partial charge on any atom is -0.495 e. The standard InChI is InChI=1S/C27H34ClN5O3S/c1-7-33-15-18-12-22(23(36-6)13-19(18)27(4,5)16-33)31-26-29-14-20(28)25(32-26)30-21-10-8-9-11-24(21)37(34,35)17(2)3/h8-14,17H,7,15-16H2,1-6H3,(H2,29,30,31,32). The quantitative estimate of drug-likeness (QED) is 0.361. The van der Waals surface area contributed by atoms with Gasteiger partial charge in [-0.15, -0.1) is 0 Å². The van der Waals surface area contributed by atoms with Gasteiger partial charge < -0.3 is 15.4 Å². The molecular weight excluding hydrogens is 510 g/mol. The third kappa shape index (κ3) is 5.54. The highest BCUT2D eigenvalue weighted by molar-refractivity contribution is 7.92. The molecule has 0 radical (unpaired) electrons. The Morgan fingerprint density at radius 3 is 2.57 bits per heavy atom. The first-order valence-electron chi connectivity index (χ1n) is 12.3. The number of halogens is 1.